The number of nitrogens with zero attached hydrogens (tertiary/aromatic N) is 5. The molecular formula is C23H30N6OS. The van der Waals surface area contributed by atoms with Crippen LogP contribution in [0.2, 0.25) is 0 Å². The van der Waals surface area contributed by atoms with Crippen LogP contribution in [-0.2, 0) is 11.3 Å². The van der Waals surface area contributed by atoms with Crippen molar-refractivity contribution in [2.45, 2.75) is 19.4 Å². The van der Waals surface area contributed by atoms with Crippen LogP contribution in [0.15, 0.2) is 42.4 Å². The first kappa shape index (κ1) is 20.6. The zero-order chi connectivity index (χ0) is 21.0. The van der Waals surface area contributed by atoms with E-state index in [1.807, 2.05) is 24.8 Å². The number of piperazine rings is 1. The molecule has 7 nitrogen and oxygen atoms in total. The number of carbonyl (C=O) groups excluding carboxylic acids is 1. The first-order valence-electron chi connectivity index (χ1n) is 11.3. The molecule has 2 atom stereocenters. The van der Waals surface area contributed by atoms with Crippen LogP contribution in [0.3, 0.4) is 0 Å². The van der Waals surface area contributed by atoms with Crippen LogP contribution in [0.4, 0.5) is 5.69 Å². The lowest BCUT2D eigenvalue weighted by Gasteiger charge is -2.36. The molecule has 5 rings (SSSR count). The third-order valence-corrected chi connectivity index (χ3v) is 7.39. The maximum Gasteiger partial charge on any atom is 0.150 e. The summed E-state index contributed by atoms with van der Waals surface area (Å²) in [6.07, 6.45) is 9.55. The highest BCUT2D eigenvalue weighted by molar-refractivity contribution is 7.17. The molecule has 0 aromatic carbocycles. The van der Waals surface area contributed by atoms with Crippen LogP contribution < -0.4 is 10.2 Å². The number of fused-ring (bicyclic) bond motifs is 1. The molecule has 3 aromatic heterocycles. The summed E-state index contributed by atoms with van der Waals surface area (Å²) in [5.41, 5.74) is 1.33. The molecule has 1 saturated carbocycles. The van der Waals surface area contributed by atoms with Crippen molar-refractivity contribution in [2.75, 3.05) is 50.7 Å². The van der Waals surface area contributed by atoms with Crippen molar-refractivity contribution >= 4 is 33.0 Å². The van der Waals surface area contributed by atoms with Gasteiger partial charge in [-0.2, -0.15) is 0 Å². The minimum Gasteiger partial charge on any atom is -0.368 e. The molecule has 1 unspecified atom stereocenters. The van der Waals surface area contributed by atoms with Gasteiger partial charge in [0, 0.05) is 74.5 Å². The number of aromatic nitrogens is 3. The van der Waals surface area contributed by atoms with Gasteiger partial charge in [-0.3, -0.25) is 9.69 Å². The number of carbonyl (C=O) groups is 1. The van der Waals surface area contributed by atoms with E-state index in [0.29, 0.717) is 18.2 Å². The van der Waals surface area contributed by atoms with Crippen LogP contribution in [0.1, 0.15) is 12.8 Å². The van der Waals surface area contributed by atoms with Crippen molar-refractivity contribution in [3.05, 3.63) is 42.4 Å². The quantitative estimate of drug-likeness (QED) is 0.491. The van der Waals surface area contributed by atoms with Gasteiger partial charge in [0.05, 0.1) is 18.6 Å². The lowest BCUT2D eigenvalue weighted by molar-refractivity contribution is -0.119. The highest BCUT2D eigenvalue weighted by Gasteiger charge is 2.43. The van der Waals surface area contributed by atoms with Gasteiger partial charge < -0.3 is 14.8 Å². The Hall–Kier alpha value is -2.29. The van der Waals surface area contributed by atoms with Gasteiger partial charge in [-0.25, -0.2) is 9.97 Å². The number of hydrogen-bond donors (Lipinski definition) is 1. The molecule has 164 valence electrons. The smallest absolute Gasteiger partial charge is 0.150 e. The minimum absolute atomic E-state index is 0.270. The van der Waals surface area contributed by atoms with E-state index in [2.05, 4.69) is 41.1 Å². The van der Waals surface area contributed by atoms with E-state index in [-0.39, 0.29) is 5.92 Å². The second kappa shape index (κ2) is 9.46. The number of ketones is 1. The van der Waals surface area contributed by atoms with Crippen LogP contribution in [0, 0.1) is 11.8 Å². The number of Topliss-reactive ketones (excluding diaryl/α,β-unsaturated/α-hetero) is 1. The fraction of sp³-hybridized carbons (Fsp3) is 0.522. The van der Waals surface area contributed by atoms with Crippen LogP contribution in [-0.4, -0.2) is 71.0 Å². The molecule has 3 aromatic rings. The standard InChI is InChI=1S/C23H30N6OS/c30-22(14-24-4-2-7-28-8-6-25-17-28)20-13-18(20)15-27-9-11-29(12-10-27)21-16-31-23-19(21)3-1-5-26-23/h1,3,5-6,8,16-18,20,24H,2,4,7,9-15H2/t18?,20-/m1/s1. The zero-order valence-corrected chi connectivity index (χ0v) is 18.6. The number of imidazole rings is 1. The normalized spacial score (nSPS) is 21.6. The Bertz CT molecular complexity index is 995. The second-order valence-electron chi connectivity index (χ2n) is 8.66. The van der Waals surface area contributed by atoms with E-state index in [1.54, 1.807) is 17.5 Å². The first-order valence-corrected chi connectivity index (χ1v) is 12.1. The molecule has 1 N–H and O–H groups in total. The molecule has 0 radical (unpaired) electrons. The summed E-state index contributed by atoms with van der Waals surface area (Å²) in [7, 11) is 0. The van der Waals surface area contributed by atoms with E-state index in [0.717, 1.165) is 63.5 Å². The number of aryl methyl sites for hydroxylation is 1. The molecule has 31 heavy (non-hydrogen) atoms. The Kier molecular flexibility index (Phi) is 6.29. The number of hydrogen-bond acceptors (Lipinski definition) is 7. The number of anilines is 1. The maximum atomic E-state index is 12.5. The summed E-state index contributed by atoms with van der Waals surface area (Å²) in [4.78, 5) is 27.1. The van der Waals surface area contributed by atoms with Gasteiger partial charge in [-0.15, -0.1) is 11.3 Å². The Labute approximate surface area is 187 Å². The topological polar surface area (TPSA) is 66.3 Å². The summed E-state index contributed by atoms with van der Waals surface area (Å²) < 4.78 is 2.07. The summed E-state index contributed by atoms with van der Waals surface area (Å²) >= 11 is 1.73. The zero-order valence-electron chi connectivity index (χ0n) is 17.8. The molecule has 0 spiro atoms. The van der Waals surface area contributed by atoms with Crippen LogP contribution in [0.5, 0.6) is 0 Å². The first-order chi connectivity index (χ1) is 15.3. The van der Waals surface area contributed by atoms with Gasteiger partial charge in [-0.05, 0) is 37.4 Å². The molecule has 8 heteroatoms. The van der Waals surface area contributed by atoms with Gasteiger partial charge in [0.15, 0.2) is 0 Å². The summed E-state index contributed by atoms with van der Waals surface area (Å²) in [6.45, 7) is 7.63. The predicted molar refractivity (Wildman–Crippen MR) is 125 cm³/mol. The van der Waals surface area contributed by atoms with Gasteiger partial charge in [0.25, 0.3) is 0 Å². The van der Waals surface area contributed by atoms with Crippen molar-refractivity contribution in [1.29, 1.82) is 0 Å². The van der Waals surface area contributed by atoms with Crippen molar-refractivity contribution in [3.63, 3.8) is 0 Å². The molecule has 1 saturated heterocycles. The predicted octanol–water partition coefficient (Wildman–Crippen LogP) is 2.50. The third kappa shape index (κ3) is 4.97. The monoisotopic (exact) mass is 438 g/mol. The summed E-state index contributed by atoms with van der Waals surface area (Å²) in [6, 6.07) is 4.19. The highest BCUT2D eigenvalue weighted by Crippen LogP contribution is 2.40. The Balaban J connectivity index is 0.997. The van der Waals surface area contributed by atoms with E-state index in [1.165, 1.54) is 11.1 Å². The van der Waals surface area contributed by atoms with Crippen LogP contribution >= 0.6 is 11.3 Å². The van der Waals surface area contributed by atoms with Gasteiger partial charge in [0.1, 0.15) is 10.6 Å². The molecule has 4 heterocycles. The molecule has 0 amide bonds. The van der Waals surface area contributed by atoms with Gasteiger partial charge in [-0.1, -0.05) is 0 Å². The number of pyridine rings is 1. The van der Waals surface area contributed by atoms with Crippen LogP contribution in [0.25, 0.3) is 10.2 Å². The SMILES string of the molecule is O=C(CNCCCn1ccnc1)[C@@H]1CC1CN1CCN(c2csc3ncccc23)CC1. The second-order valence-corrected chi connectivity index (χ2v) is 9.52. The van der Waals surface area contributed by atoms with Crippen molar-refractivity contribution in [2.24, 2.45) is 11.8 Å². The lowest BCUT2D eigenvalue weighted by Crippen LogP contribution is -2.47. The number of thiophene rings is 1. The largest absolute Gasteiger partial charge is 0.368 e. The highest BCUT2D eigenvalue weighted by atomic mass is 32.1. The van der Waals surface area contributed by atoms with E-state index in [4.69, 9.17) is 0 Å². The molecule has 2 aliphatic rings. The maximum absolute atomic E-state index is 12.5. The third-order valence-electron chi connectivity index (χ3n) is 6.50. The fourth-order valence-corrected chi connectivity index (χ4v) is 5.52. The summed E-state index contributed by atoms with van der Waals surface area (Å²) in [5.74, 6) is 1.22. The lowest BCUT2D eigenvalue weighted by atomic mass is 10.2. The van der Waals surface area contributed by atoms with E-state index in [9.17, 15) is 4.79 Å². The minimum atomic E-state index is 0.270. The Morgan fingerprint density at radius 2 is 2.13 bits per heavy atom. The molecule has 2 fully saturated rings. The van der Waals surface area contributed by atoms with Crippen molar-refractivity contribution in [1.82, 2.24) is 24.8 Å². The number of nitrogens with one attached hydrogen (secondary N) is 1. The molecule has 0 bridgehead atoms. The van der Waals surface area contributed by atoms with E-state index < -0.39 is 0 Å². The average molecular weight is 439 g/mol. The van der Waals surface area contributed by atoms with Gasteiger partial charge in [0.2, 0.25) is 0 Å². The fourth-order valence-electron chi connectivity index (χ4n) is 4.59. The Morgan fingerprint density at radius 3 is 2.97 bits per heavy atom. The van der Waals surface area contributed by atoms with E-state index >= 15 is 0 Å². The number of rotatable bonds is 10. The molecular weight excluding hydrogens is 408 g/mol. The van der Waals surface area contributed by atoms with Gasteiger partial charge >= 0.3 is 0 Å². The molecule has 1 aliphatic heterocycles. The Morgan fingerprint density at radius 1 is 1.23 bits per heavy atom. The average Bonchev–Trinajstić information content (AvgIpc) is 3.18. The van der Waals surface area contributed by atoms with Crippen molar-refractivity contribution < 1.29 is 4.79 Å². The van der Waals surface area contributed by atoms with Crippen molar-refractivity contribution in [3.8, 4) is 0 Å². The summed E-state index contributed by atoms with van der Waals surface area (Å²) in [5, 5.41) is 6.83. The molecule has 1 aliphatic carbocycles.